The topological polar surface area (TPSA) is 28.2 Å². The summed E-state index contributed by atoms with van der Waals surface area (Å²) < 4.78 is 0. The molecule has 3 rings (SSSR count). The van der Waals surface area contributed by atoms with Crippen molar-refractivity contribution < 1.29 is 0 Å². The number of nitrogens with zero attached hydrogens (tertiary/aromatic N) is 2. The molecule has 1 aliphatic heterocycles. The van der Waals surface area contributed by atoms with E-state index in [0.717, 1.165) is 36.4 Å². The van der Waals surface area contributed by atoms with Gasteiger partial charge in [-0.1, -0.05) is 11.6 Å². The van der Waals surface area contributed by atoms with Crippen LogP contribution >= 0.6 is 11.6 Å². The lowest BCUT2D eigenvalue weighted by Crippen LogP contribution is -2.39. The van der Waals surface area contributed by atoms with Gasteiger partial charge in [-0.2, -0.15) is 0 Å². The Labute approximate surface area is 114 Å². The van der Waals surface area contributed by atoms with E-state index in [0.29, 0.717) is 6.04 Å². The van der Waals surface area contributed by atoms with Gasteiger partial charge in [-0.3, -0.25) is 0 Å². The minimum absolute atomic E-state index is 0.599. The lowest BCUT2D eigenvalue weighted by Gasteiger charge is -2.27. The van der Waals surface area contributed by atoms with E-state index in [-0.39, 0.29) is 0 Å². The molecule has 1 aliphatic carbocycles. The zero-order valence-corrected chi connectivity index (χ0v) is 11.4. The van der Waals surface area contributed by atoms with Crippen molar-refractivity contribution in [3.05, 3.63) is 23.4 Å². The Morgan fingerprint density at radius 3 is 2.89 bits per heavy atom. The summed E-state index contributed by atoms with van der Waals surface area (Å²) in [5, 5.41) is 4.33. The van der Waals surface area contributed by atoms with Crippen molar-refractivity contribution in [3.8, 4) is 0 Å². The summed E-state index contributed by atoms with van der Waals surface area (Å²) in [6.07, 6.45) is 7.12. The summed E-state index contributed by atoms with van der Waals surface area (Å²) in [7, 11) is 0. The van der Waals surface area contributed by atoms with E-state index < -0.39 is 0 Å². The van der Waals surface area contributed by atoms with Crippen molar-refractivity contribution >= 4 is 17.4 Å². The SMILES string of the molecule is Clc1cccnc1N(CC1CC1)CC1CCCN1. The Balaban J connectivity index is 1.73. The summed E-state index contributed by atoms with van der Waals surface area (Å²) in [5.41, 5.74) is 0. The molecule has 1 aromatic heterocycles. The van der Waals surface area contributed by atoms with Gasteiger partial charge in [0.25, 0.3) is 0 Å². The standard InChI is InChI=1S/C14H20ClN3/c15-13-4-2-8-17-14(13)18(9-11-5-6-11)10-12-3-1-7-16-12/h2,4,8,11-12,16H,1,3,5-7,9-10H2. The molecule has 0 radical (unpaired) electrons. The maximum atomic E-state index is 6.28. The molecule has 2 heterocycles. The van der Waals surface area contributed by atoms with Gasteiger partial charge in [0.05, 0.1) is 5.02 Å². The van der Waals surface area contributed by atoms with Crippen molar-refractivity contribution in [2.24, 2.45) is 5.92 Å². The second-order valence-electron chi connectivity index (χ2n) is 5.45. The van der Waals surface area contributed by atoms with Gasteiger partial charge in [0.15, 0.2) is 0 Å². The molecule has 1 N–H and O–H groups in total. The number of pyridine rings is 1. The highest BCUT2D eigenvalue weighted by atomic mass is 35.5. The van der Waals surface area contributed by atoms with Crippen LogP contribution in [0.25, 0.3) is 0 Å². The normalized spacial score (nSPS) is 23.3. The molecular weight excluding hydrogens is 246 g/mol. The van der Waals surface area contributed by atoms with Gasteiger partial charge in [0.1, 0.15) is 5.82 Å². The van der Waals surface area contributed by atoms with Crippen LogP contribution in [0, 0.1) is 5.92 Å². The second kappa shape index (κ2) is 5.45. The second-order valence-corrected chi connectivity index (χ2v) is 5.86. The Hall–Kier alpha value is -0.800. The molecule has 4 heteroatoms. The van der Waals surface area contributed by atoms with Crippen molar-refractivity contribution in [1.29, 1.82) is 0 Å². The molecule has 1 unspecified atom stereocenters. The van der Waals surface area contributed by atoms with Gasteiger partial charge >= 0.3 is 0 Å². The first-order chi connectivity index (χ1) is 8.83. The van der Waals surface area contributed by atoms with E-state index in [9.17, 15) is 0 Å². The van der Waals surface area contributed by atoms with Gasteiger partial charge in [-0.25, -0.2) is 4.98 Å². The first-order valence-corrected chi connectivity index (χ1v) is 7.29. The third-order valence-corrected chi connectivity index (χ3v) is 4.11. The number of aromatic nitrogens is 1. The summed E-state index contributed by atoms with van der Waals surface area (Å²) in [5.74, 6) is 1.81. The van der Waals surface area contributed by atoms with Crippen molar-refractivity contribution in [3.63, 3.8) is 0 Å². The first kappa shape index (κ1) is 12.2. The number of hydrogen-bond acceptors (Lipinski definition) is 3. The number of rotatable bonds is 5. The third-order valence-electron chi connectivity index (χ3n) is 3.82. The van der Waals surface area contributed by atoms with Crippen LogP contribution < -0.4 is 10.2 Å². The molecule has 3 nitrogen and oxygen atoms in total. The van der Waals surface area contributed by atoms with E-state index in [1.54, 1.807) is 0 Å². The quantitative estimate of drug-likeness (QED) is 0.887. The average molecular weight is 266 g/mol. The van der Waals surface area contributed by atoms with Gasteiger partial charge in [0, 0.05) is 25.3 Å². The van der Waals surface area contributed by atoms with E-state index in [2.05, 4.69) is 15.2 Å². The summed E-state index contributed by atoms with van der Waals surface area (Å²) in [6, 6.07) is 4.43. The first-order valence-electron chi connectivity index (χ1n) is 6.92. The zero-order chi connectivity index (χ0) is 12.4. The summed E-state index contributed by atoms with van der Waals surface area (Å²) in [6.45, 7) is 3.29. The fourth-order valence-corrected chi connectivity index (χ4v) is 2.89. The Morgan fingerprint density at radius 1 is 1.33 bits per heavy atom. The van der Waals surface area contributed by atoms with E-state index in [1.165, 1.54) is 25.7 Å². The lowest BCUT2D eigenvalue weighted by atomic mass is 10.2. The van der Waals surface area contributed by atoms with Gasteiger partial charge < -0.3 is 10.2 Å². The molecule has 0 bridgehead atoms. The van der Waals surface area contributed by atoms with Crippen LogP contribution in [0.4, 0.5) is 5.82 Å². The van der Waals surface area contributed by atoms with E-state index >= 15 is 0 Å². The number of hydrogen-bond donors (Lipinski definition) is 1. The fraction of sp³-hybridized carbons (Fsp3) is 0.643. The molecule has 2 fully saturated rings. The van der Waals surface area contributed by atoms with Crippen LogP contribution in [0.2, 0.25) is 5.02 Å². The highest BCUT2D eigenvalue weighted by Crippen LogP contribution is 2.33. The largest absolute Gasteiger partial charge is 0.354 e. The van der Waals surface area contributed by atoms with Crippen LogP contribution in [0.5, 0.6) is 0 Å². The van der Waals surface area contributed by atoms with E-state index in [1.807, 2.05) is 18.3 Å². The molecule has 0 spiro atoms. The van der Waals surface area contributed by atoms with Crippen molar-refractivity contribution in [2.75, 3.05) is 24.5 Å². The van der Waals surface area contributed by atoms with Crippen LogP contribution in [0.15, 0.2) is 18.3 Å². The molecule has 1 saturated carbocycles. The zero-order valence-electron chi connectivity index (χ0n) is 10.6. The van der Waals surface area contributed by atoms with Crippen LogP contribution in [-0.4, -0.2) is 30.7 Å². The fourth-order valence-electron chi connectivity index (χ4n) is 2.65. The van der Waals surface area contributed by atoms with Crippen molar-refractivity contribution in [1.82, 2.24) is 10.3 Å². The van der Waals surface area contributed by atoms with Gasteiger partial charge in [0.2, 0.25) is 0 Å². The number of nitrogens with one attached hydrogen (secondary N) is 1. The Bertz CT molecular complexity index is 400. The van der Waals surface area contributed by atoms with Crippen LogP contribution in [0.3, 0.4) is 0 Å². The van der Waals surface area contributed by atoms with Gasteiger partial charge in [-0.15, -0.1) is 0 Å². The maximum Gasteiger partial charge on any atom is 0.147 e. The average Bonchev–Trinajstić information content (AvgIpc) is 3.03. The smallest absolute Gasteiger partial charge is 0.147 e. The highest BCUT2D eigenvalue weighted by molar-refractivity contribution is 6.32. The molecule has 1 atom stereocenters. The molecule has 1 saturated heterocycles. The Morgan fingerprint density at radius 2 is 2.22 bits per heavy atom. The molecule has 0 aromatic carbocycles. The van der Waals surface area contributed by atoms with Gasteiger partial charge in [-0.05, 0) is 50.3 Å². The third kappa shape index (κ3) is 2.96. The van der Waals surface area contributed by atoms with E-state index in [4.69, 9.17) is 11.6 Å². The number of halogens is 1. The predicted molar refractivity (Wildman–Crippen MR) is 75.2 cm³/mol. The maximum absolute atomic E-state index is 6.28. The molecule has 98 valence electrons. The molecule has 0 amide bonds. The van der Waals surface area contributed by atoms with Crippen molar-refractivity contribution in [2.45, 2.75) is 31.7 Å². The van der Waals surface area contributed by atoms with Crippen LogP contribution in [0.1, 0.15) is 25.7 Å². The predicted octanol–water partition coefficient (Wildman–Crippen LogP) is 2.70. The van der Waals surface area contributed by atoms with Crippen LogP contribution in [-0.2, 0) is 0 Å². The Kier molecular flexibility index (Phi) is 3.71. The minimum Gasteiger partial charge on any atom is -0.354 e. The highest BCUT2D eigenvalue weighted by Gasteiger charge is 2.28. The minimum atomic E-state index is 0.599. The lowest BCUT2D eigenvalue weighted by molar-refractivity contribution is 0.567. The molecule has 2 aliphatic rings. The summed E-state index contributed by atoms with van der Waals surface area (Å²) in [4.78, 5) is 6.85. The molecule has 1 aromatic rings. The summed E-state index contributed by atoms with van der Waals surface area (Å²) >= 11 is 6.28. The monoisotopic (exact) mass is 265 g/mol. The molecule has 18 heavy (non-hydrogen) atoms. The number of anilines is 1. The molecular formula is C14H20ClN3.